The Kier molecular flexibility index (Phi) is 6.95. The van der Waals surface area contributed by atoms with Crippen LogP contribution in [0.3, 0.4) is 0 Å². The minimum absolute atomic E-state index is 0.0195. The molecule has 1 amide bonds. The second kappa shape index (κ2) is 10.1. The molecule has 1 aliphatic rings. The smallest absolute Gasteiger partial charge is 0.274 e. The van der Waals surface area contributed by atoms with Gasteiger partial charge in [0.15, 0.2) is 23.0 Å². The maximum absolute atomic E-state index is 13.4. The van der Waals surface area contributed by atoms with Crippen molar-refractivity contribution in [2.24, 2.45) is 11.5 Å². The van der Waals surface area contributed by atoms with E-state index in [1.165, 1.54) is 28.4 Å². The fourth-order valence-corrected chi connectivity index (χ4v) is 5.43. The van der Waals surface area contributed by atoms with Crippen LogP contribution in [0.2, 0.25) is 0 Å². The number of fused-ring (bicyclic) bond motifs is 1. The summed E-state index contributed by atoms with van der Waals surface area (Å²) in [7, 11) is 6.01. The highest BCUT2D eigenvalue weighted by Gasteiger charge is 2.35. The fourth-order valence-electron chi connectivity index (χ4n) is 4.25. The minimum atomic E-state index is -0.908. The number of methoxy groups -OCH3 is 4. The zero-order chi connectivity index (χ0) is 26.9. The van der Waals surface area contributed by atoms with Crippen LogP contribution in [-0.2, 0) is 4.79 Å². The van der Waals surface area contributed by atoms with Crippen molar-refractivity contribution in [3.63, 3.8) is 0 Å². The summed E-state index contributed by atoms with van der Waals surface area (Å²) >= 11 is 1.05. The number of allylic oxidation sites excluding steroid dienone is 1. The first kappa shape index (κ1) is 25.4. The molecule has 0 aliphatic carbocycles. The molecule has 1 aliphatic heterocycles. The van der Waals surface area contributed by atoms with Gasteiger partial charge >= 0.3 is 0 Å². The van der Waals surface area contributed by atoms with Gasteiger partial charge in [-0.15, -0.1) is 11.3 Å². The second-order valence-corrected chi connectivity index (χ2v) is 8.94. The van der Waals surface area contributed by atoms with E-state index in [1.54, 1.807) is 42.5 Å². The molecule has 10 nitrogen and oxygen atoms in total. The van der Waals surface area contributed by atoms with Gasteiger partial charge in [-0.2, -0.15) is 5.26 Å². The molecule has 0 radical (unpaired) electrons. The van der Waals surface area contributed by atoms with Crippen molar-refractivity contribution in [1.29, 1.82) is 5.26 Å². The lowest BCUT2D eigenvalue weighted by Crippen LogP contribution is -2.41. The van der Waals surface area contributed by atoms with Gasteiger partial charge in [0.2, 0.25) is 5.91 Å². The average molecular weight is 521 g/mol. The number of carbonyl (C=O) groups is 1. The molecule has 190 valence electrons. The number of nitriles is 1. The lowest BCUT2D eigenvalue weighted by Gasteiger charge is -2.24. The van der Waals surface area contributed by atoms with Crippen LogP contribution in [0.15, 0.2) is 46.8 Å². The van der Waals surface area contributed by atoms with Crippen molar-refractivity contribution < 1.29 is 23.7 Å². The highest BCUT2D eigenvalue weighted by atomic mass is 32.1. The lowest BCUT2D eigenvalue weighted by atomic mass is 9.83. The summed E-state index contributed by atoms with van der Waals surface area (Å²) in [5, 5.41) is 10.0. The van der Waals surface area contributed by atoms with E-state index in [-0.39, 0.29) is 26.2 Å². The lowest BCUT2D eigenvalue weighted by molar-refractivity contribution is -0.113. The van der Waals surface area contributed by atoms with E-state index in [9.17, 15) is 14.9 Å². The van der Waals surface area contributed by atoms with E-state index in [1.807, 2.05) is 0 Å². The molecule has 0 saturated heterocycles. The number of primary amides is 1. The minimum Gasteiger partial charge on any atom is -0.493 e. The van der Waals surface area contributed by atoms with Crippen LogP contribution in [0.25, 0.3) is 17.5 Å². The zero-order valence-electron chi connectivity index (χ0n) is 20.5. The Balaban J connectivity index is 2.03. The van der Waals surface area contributed by atoms with Gasteiger partial charge in [0.1, 0.15) is 10.5 Å². The quantitative estimate of drug-likeness (QED) is 0.465. The molecule has 11 heteroatoms. The highest BCUT2D eigenvalue weighted by Crippen LogP contribution is 2.39. The van der Waals surface area contributed by atoms with Crippen molar-refractivity contribution in [3.8, 4) is 29.1 Å². The molecule has 0 fully saturated rings. The van der Waals surface area contributed by atoms with Crippen molar-refractivity contribution in [1.82, 2.24) is 4.57 Å². The predicted molar refractivity (Wildman–Crippen MR) is 139 cm³/mol. The second-order valence-electron chi connectivity index (χ2n) is 7.91. The summed E-state index contributed by atoms with van der Waals surface area (Å²) in [5.74, 6) is 0.128. The predicted octanol–water partition coefficient (Wildman–Crippen LogP) is 0.857. The normalized spacial score (nSPS) is 15.2. The standard InChI is InChI=1S/C26H24N4O6S/c1-33-16-7-5-13(9-18(16)35-3)10-20-25(32)30-23(28)15(12-27)21(22(24(29)31)26(30)37-20)14-6-8-17(34-2)19(11-14)36-4/h5-11,21H,28H2,1-4H3,(H2,29,31)/b20-10+. The number of rotatable bonds is 7. The first-order chi connectivity index (χ1) is 17.8. The molecule has 2 heterocycles. The molecule has 2 aromatic carbocycles. The molecular formula is C26H24N4O6S. The van der Waals surface area contributed by atoms with Gasteiger partial charge in [0.05, 0.1) is 56.1 Å². The molecule has 3 aromatic rings. The zero-order valence-corrected chi connectivity index (χ0v) is 21.3. The Bertz CT molecular complexity index is 1660. The number of nitrogens with zero attached hydrogens (tertiary/aromatic N) is 2. The van der Waals surface area contributed by atoms with Crippen LogP contribution in [0.4, 0.5) is 0 Å². The number of hydrogen-bond acceptors (Lipinski definition) is 9. The molecule has 0 spiro atoms. The Hall–Kier alpha value is -4.69. The van der Waals surface area contributed by atoms with Crippen LogP contribution < -0.4 is 45.2 Å². The molecule has 1 aromatic heterocycles. The highest BCUT2D eigenvalue weighted by molar-refractivity contribution is 7.07. The Morgan fingerprint density at radius 1 is 1.00 bits per heavy atom. The topological polar surface area (TPSA) is 152 Å². The number of nitrogens with two attached hydrogens (primary N) is 2. The van der Waals surface area contributed by atoms with E-state index in [4.69, 9.17) is 30.4 Å². The summed E-state index contributed by atoms with van der Waals surface area (Å²) < 4.78 is 23.0. The van der Waals surface area contributed by atoms with Crippen LogP contribution in [0.1, 0.15) is 17.0 Å². The van der Waals surface area contributed by atoms with E-state index >= 15 is 0 Å². The van der Waals surface area contributed by atoms with E-state index in [0.717, 1.165) is 15.9 Å². The summed E-state index contributed by atoms with van der Waals surface area (Å²) in [6.07, 6.45) is 1.64. The molecule has 37 heavy (non-hydrogen) atoms. The number of thiazole rings is 1. The van der Waals surface area contributed by atoms with E-state index in [2.05, 4.69) is 6.07 Å². The Morgan fingerprint density at radius 2 is 1.59 bits per heavy atom. The summed E-state index contributed by atoms with van der Waals surface area (Å²) in [5.41, 5.74) is 13.0. The number of carbonyl (C=O) groups excluding carboxylic acids is 1. The van der Waals surface area contributed by atoms with Crippen LogP contribution >= 0.6 is 11.3 Å². The summed E-state index contributed by atoms with van der Waals surface area (Å²) in [4.78, 5) is 26.2. The molecule has 1 atom stereocenters. The van der Waals surface area contributed by atoms with Gasteiger partial charge in [0, 0.05) is 0 Å². The summed E-state index contributed by atoms with van der Waals surface area (Å²) in [6, 6.07) is 12.3. The third-order valence-electron chi connectivity index (χ3n) is 5.98. The van der Waals surface area contributed by atoms with Crippen molar-refractivity contribution in [2.45, 2.75) is 5.92 Å². The number of benzene rings is 2. The fraction of sp³-hybridized carbons (Fsp3) is 0.192. The molecule has 1 unspecified atom stereocenters. The summed E-state index contributed by atoms with van der Waals surface area (Å²) in [6.45, 7) is 0. The molecule has 4 N–H and O–H groups in total. The van der Waals surface area contributed by atoms with Crippen molar-refractivity contribution in [3.05, 3.63) is 72.6 Å². The molecule has 4 rings (SSSR count). The monoisotopic (exact) mass is 520 g/mol. The van der Waals surface area contributed by atoms with Crippen LogP contribution in [0, 0.1) is 11.3 Å². The molecule has 0 bridgehead atoms. The third-order valence-corrected chi connectivity index (χ3v) is 7.09. The maximum atomic E-state index is 13.4. The van der Waals surface area contributed by atoms with Gasteiger partial charge in [-0.05, 0) is 41.5 Å². The first-order valence-electron chi connectivity index (χ1n) is 10.9. The van der Waals surface area contributed by atoms with Gasteiger partial charge in [0.25, 0.3) is 5.56 Å². The van der Waals surface area contributed by atoms with E-state index in [0.29, 0.717) is 34.1 Å². The number of aromatic nitrogens is 1. The average Bonchev–Trinajstić information content (AvgIpc) is 3.23. The van der Waals surface area contributed by atoms with Crippen molar-refractivity contribution >= 4 is 34.7 Å². The molecule has 0 saturated carbocycles. The first-order valence-corrected chi connectivity index (χ1v) is 11.7. The van der Waals surface area contributed by atoms with E-state index < -0.39 is 17.4 Å². The van der Waals surface area contributed by atoms with Crippen LogP contribution in [0.5, 0.6) is 23.0 Å². The van der Waals surface area contributed by atoms with Crippen LogP contribution in [-0.4, -0.2) is 38.9 Å². The number of amides is 1. The van der Waals surface area contributed by atoms with Crippen molar-refractivity contribution in [2.75, 3.05) is 28.4 Å². The van der Waals surface area contributed by atoms with Gasteiger partial charge in [-0.1, -0.05) is 12.1 Å². The Labute approximate surface area is 215 Å². The van der Waals surface area contributed by atoms with Gasteiger partial charge < -0.3 is 30.4 Å². The largest absolute Gasteiger partial charge is 0.493 e. The maximum Gasteiger partial charge on any atom is 0.274 e. The third kappa shape index (κ3) is 4.28. The number of hydrogen-bond donors (Lipinski definition) is 2. The van der Waals surface area contributed by atoms with Gasteiger partial charge in [-0.3, -0.25) is 14.2 Å². The Morgan fingerprint density at radius 3 is 2.16 bits per heavy atom. The van der Waals surface area contributed by atoms with Gasteiger partial charge in [-0.25, -0.2) is 0 Å². The SMILES string of the molecule is COc1ccc(/C=c2/sc3n(c2=O)C(N)=C(C#N)C(c2ccc(OC)c(OC)c2)C=3C(N)=O)cc1OC. The molecular weight excluding hydrogens is 496 g/mol. The number of ether oxygens (including phenoxy) is 4.